The van der Waals surface area contributed by atoms with Crippen LogP contribution in [-0.4, -0.2) is 19.6 Å². The highest BCUT2D eigenvalue weighted by Gasteiger charge is 2.23. The fourth-order valence-corrected chi connectivity index (χ4v) is 2.94. The van der Waals surface area contributed by atoms with Crippen LogP contribution in [-0.2, 0) is 6.42 Å². The van der Waals surface area contributed by atoms with Gasteiger partial charge in [-0.25, -0.2) is 0 Å². The van der Waals surface area contributed by atoms with Crippen molar-refractivity contribution in [2.75, 3.05) is 24.5 Å². The van der Waals surface area contributed by atoms with E-state index in [9.17, 15) is 0 Å². The van der Waals surface area contributed by atoms with E-state index in [0.717, 1.165) is 26.1 Å². The molecule has 1 aliphatic rings. The Morgan fingerprint density at radius 2 is 1.95 bits per heavy atom. The minimum Gasteiger partial charge on any atom is -0.362 e. The molecule has 0 radical (unpaired) electrons. The molecule has 0 saturated carbocycles. The van der Waals surface area contributed by atoms with Gasteiger partial charge in [-0.1, -0.05) is 49.4 Å². The van der Waals surface area contributed by atoms with Crippen molar-refractivity contribution >= 4 is 5.69 Å². The largest absolute Gasteiger partial charge is 0.362 e. The Hall–Kier alpha value is -1.80. The predicted octanol–water partition coefficient (Wildman–Crippen LogP) is 3.40. The summed E-state index contributed by atoms with van der Waals surface area (Å²) in [5.74, 6) is 0. The van der Waals surface area contributed by atoms with Gasteiger partial charge in [-0.2, -0.15) is 0 Å². The second kappa shape index (κ2) is 6.10. The molecule has 1 atom stereocenters. The summed E-state index contributed by atoms with van der Waals surface area (Å²) in [4.78, 5) is 2.53. The van der Waals surface area contributed by atoms with Crippen LogP contribution in [0, 0.1) is 0 Å². The molecule has 1 saturated heterocycles. The Morgan fingerprint density at radius 1 is 1.10 bits per heavy atom. The van der Waals surface area contributed by atoms with E-state index in [1.807, 2.05) is 0 Å². The Bertz CT molecular complexity index is 550. The molecule has 0 bridgehead atoms. The van der Waals surface area contributed by atoms with Crippen molar-refractivity contribution in [3.05, 3.63) is 65.7 Å². The minimum atomic E-state index is 0.428. The van der Waals surface area contributed by atoms with E-state index < -0.39 is 0 Å². The van der Waals surface area contributed by atoms with Gasteiger partial charge in [0.2, 0.25) is 0 Å². The summed E-state index contributed by atoms with van der Waals surface area (Å²) in [5.41, 5.74) is 4.15. The molecule has 1 N–H and O–H groups in total. The molecule has 0 aliphatic carbocycles. The van der Waals surface area contributed by atoms with E-state index in [0.29, 0.717) is 6.04 Å². The average molecular weight is 266 g/mol. The van der Waals surface area contributed by atoms with Crippen LogP contribution in [0.3, 0.4) is 0 Å². The summed E-state index contributed by atoms with van der Waals surface area (Å²) in [6.07, 6.45) is 1.09. The molecular weight excluding hydrogens is 244 g/mol. The number of hydrogen-bond acceptors (Lipinski definition) is 2. The van der Waals surface area contributed by atoms with E-state index in [1.54, 1.807) is 0 Å². The van der Waals surface area contributed by atoms with E-state index in [1.165, 1.54) is 16.8 Å². The van der Waals surface area contributed by atoms with Crippen molar-refractivity contribution in [1.82, 2.24) is 5.32 Å². The zero-order valence-corrected chi connectivity index (χ0v) is 12.0. The molecule has 2 heteroatoms. The summed E-state index contributed by atoms with van der Waals surface area (Å²) in [5, 5.41) is 3.52. The maximum absolute atomic E-state index is 3.52. The number of piperazine rings is 1. The lowest BCUT2D eigenvalue weighted by molar-refractivity contribution is 0.490. The standard InChI is InChI=1S/C18H22N2/c1-2-15-7-6-10-17(13-15)20-12-11-19-14-18(20)16-8-4-3-5-9-16/h3-10,13,18-19H,2,11-12,14H2,1H3. The number of benzene rings is 2. The van der Waals surface area contributed by atoms with Crippen LogP contribution in [0.15, 0.2) is 54.6 Å². The minimum absolute atomic E-state index is 0.428. The van der Waals surface area contributed by atoms with Crippen molar-refractivity contribution in [2.45, 2.75) is 19.4 Å². The summed E-state index contributed by atoms with van der Waals surface area (Å²) in [7, 11) is 0. The predicted molar refractivity (Wildman–Crippen MR) is 85.2 cm³/mol. The molecule has 1 aliphatic heterocycles. The summed E-state index contributed by atoms with van der Waals surface area (Å²) >= 11 is 0. The number of aryl methyl sites for hydroxylation is 1. The normalized spacial score (nSPS) is 19.1. The Morgan fingerprint density at radius 3 is 2.75 bits per heavy atom. The monoisotopic (exact) mass is 266 g/mol. The topological polar surface area (TPSA) is 15.3 Å². The van der Waals surface area contributed by atoms with Gasteiger partial charge in [-0.3, -0.25) is 0 Å². The fraction of sp³-hybridized carbons (Fsp3) is 0.333. The SMILES string of the molecule is CCc1cccc(N2CCNCC2c2ccccc2)c1. The van der Waals surface area contributed by atoms with Gasteiger partial charge in [0.1, 0.15) is 0 Å². The van der Waals surface area contributed by atoms with E-state index in [4.69, 9.17) is 0 Å². The van der Waals surface area contributed by atoms with Crippen LogP contribution >= 0.6 is 0 Å². The Labute approximate surface area is 121 Å². The third-order valence-electron chi connectivity index (χ3n) is 4.08. The first-order chi connectivity index (χ1) is 9.88. The van der Waals surface area contributed by atoms with Crippen LogP contribution in [0.2, 0.25) is 0 Å². The summed E-state index contributed by atoms with van der Waals surface area (Å²) in [6.45, 7) is 5.35. The highest BCUT2D eigenvalue weighted by Crippen LogP contribution is 2.28. The maximum atomic E-state index is 3.52. The van der Waals surface area contributed by atoms with Crippen molar-refractivity contribution in [3.8, 4) is 0 Å². The van der Waals surface area contributed by atoms with Crippen LogP contribution in [0.5, 0.6) is 0 Å². The molecule has 0 aromatic heterocycles. The van der Waals surface area contributed by atoms with E-state index in [-0.39, 0.29) is 0 Å². The molecule has 104 valence electrons. The first-order valence-electron chi connectivity index (χ1n) is 7.49. The first kappa shape index (κ1) is 13.2. The smallest absolute Gasteiger partial charge is 0.0667 e. The molecule has 1 fully saturated rings. The summed E-state index contributed by atoms with van der Waals surface area (Å²) in [6, 6.07) is 20.2. The first-order valence-corrected chi connectivity index (χ1v) is 7.49. The molecule has 2 aromatic carbocycles. The van der Waals surface area contributed by atoms with Gasteiger partial charge in [0.25, 0.3) is 0 Å². The molecule has 0 amide bonds. The van der Waals surface area contributed by atoms with Gasteiger partial charge in [0.15, 0.2) is 0 Å². The molecule has 20 heavy (non-hydrogen) atoms. The molecule has 2 aromatic rings. The van der Waals surface area contributed by atoms with Crippen LogP contribution in [0.4, 0.5) is 5.69 Å². The number of nitrogens with one attached hydrogen (secondary N) is 1. The molecule has 3 rings (SSSR count). The van der Waals surface area contributed by atoms with Gasteiger partial charge in [0, 0.05) is 25.3 Å². The highest BCUT2D eigenvalue weighted by molar-refractivity contribution is 5.51. The number of anilines is 1. The second-order valence-electron chi connectivity index (χ2n) is 5.35. The lowest BCUT2D eigenvalue weighted by Crippen LogP contribution is -2.46. The molecule has 1 unspecified atom stereocenters. The van der Waals surface area contributed by atoms with Gasteiger partial charge >= 0.3 is 0 Å². The highest BCUT2D eigenvalue weighted by atomic mass is 15.2. The third kappa shape index (κ3) is 2.70. The molecule has 0 spiro atoms. The van der Waals surface area contributed by atoms with Gasteiger partial charge < -0.3 is 10.2 Å². The van der Waals surface area contributed by atoms with Crippen molar-refractivity contribution in [1.29, 1.82) is 0 Å². The zero-order valence-electron chi connectivity index (χ0n) is 12.0. The number of nitrogens with zero attached hydrogens (tertiary/aromatic N) is 1. The quantitative estimate of drug-likeness (QED) is 0.916. The summed E-state index contributed by atoms with van der Waals surface area (Å²) < 4.78 is 0. The Balaban J connectivity index is 1.92. The average Bonchev–Trinajstić information content (AvgIpc) is 2.56. The second-order valence-corrected chi connectivity index (χ2v) is 5.35. The van der Waals surface area contributed by atoms with E-state index >= 15 is 0 Å². The van der Waals surface area contributed by atoms with Crippen molar-refractivity contribution in [3.63, 3.8) is 0 Å². The molecule has 2 nitrogen and oxygen atoms in total. The van der Waals surface area contributed by atoms with Crippen LogP contribution in [0.25, 0.3) is 0 Å². The van der Waals surface area contributed by atoms with Gasteiger partial charge in [-0.05, 0) is 29.7 Å². The number of rotatable bonds is 3. The lowest BCUT2D eigenvalue weighted by atomic mass is 10.0. The Kier molecular flexibility index (Phi) is 4.03. The van der Waals surface area contributed by atoms with E-state index in [2.05, 4.69) is 71.7 Å². The van der Waals surface area contributed by atoms with Crippen LogP contribution < -0.4 is 10.2 Å². The van der Waals surface area contributed by atoms with Gasteiger partial charge in [0.05, 0.1) is 6.04 Å². The lowest BCUT2D eigenvalue weighted by Gasteiger charge is -2.38. The molecular formula is C18H22N2. The maximum Gasteiger partial charge on any atom is 0.0667 e. The number of hydrogen-bond donors (Lipinski definition) is 1. The zero-order chi connectivity index (χ0) is 13.8. The van der Waals surface area contributed by atoms with Crippen LogP contribution in [0.1, 0.15) is 24.1 Å². The molecule has 1 heterocycles. The third-order valence-corrected chi connectivity index (χ3v) is 4.08. The van der Waals surface area contributed by atoms with Gasteiger partial charge in [-0.15, -0.1) is 0 Å². The van der Waals surface area contributed by atoms with Crippen molar-refractivity contribution < 1.29 is 0 Å². The fourth-order valence-electron chi connectivity index (χ4n) is 2.94. The van der Waals surface area contributed by atoms with Crippen molar-refractivity contribution in [2.24, 2.45) is 0 Å².